The molecule has 0 atom stereocenters. The summed E-state index contributed by atoms with van der Waals surface area (Å²) in [6.45, 7) is 0. The van der Waals surface area contributed by atoms with Crippen LogP contribution >= 0.6 is 11.6 Å². The van der Waals surface area contributed by atoms with Crippen LogP contribution in [0.3, 0.4) is 0 Å². The largest absolute Gasteiger partial charge is 0.309 e. The second kappa shape index (κ2) is 8.54. The minimum Gasteiger partial charge on any atom is -0.267 e. The fourth-order valence-electron chi connectivity index (χ4n) is 2.68. The van der Waals surface area contributed by atoms with E-state index in [1.54, 1.807) is 4.68 Å². The van der Waals surface area contributed by atoms with Gasteiger partial charge in [-0.2, -0.15) is 0 Å². The first-order valence-electron chi connectivity index (χ1n) is 8.92. The van der Waals surface area contributed by atoms with Crippen molar-refractivity contribution in [3.05, 3.63) is 95.5 Å². The summed E-state index contributed by atoms with van der Waals surface area (Å²) in [6, 6.07) is 21.7. The van der Waals surface area contributed by atoms with E-state index < -0.39 is 11.8 Å². The van der Waals surface area contributed by atoms with E-state index in [4.69, 9.17) is 11.6 Å². The van der Waals surface area contributed by atoms with Crippen molar-refractivity contribution in [2.45, 2.75) is 0 Å². The molecule has 148 valence electrons. The van der Waals surface area contributed by atoms with Gasteiger partial charge in [0.15, 0.2) is 5.82 Å². The molecule has 2 amide bonds. The summed E-state index contributed by atoms with van der Waals surface area (Å²) in [4.78, 5) is 32.9. The van der Waals surface area contributed by atoms with Crippen LogP contribution in [0, 0.1) is 0 Å². The van der Waals surface area contributed by atoms with Crippen molar-refractivity contribution in [2.24, 2.45) is 0 Å². The molecular weight excluding hydrogens is 404 g/mol. The van der Waals surface area contributed by atoms with E-state index in [1.165, 1.54) is 18.3 Å². The van der Waals surface area contributed by atoms with Gasteiger partial charge >= 0.3 is 5.91 Å². The van der Waals surface area contributed by atoms with Crippen LogP contribution in [0.4, 0.5) is 0 Å². The van der Waals surface area contributed by atoms with E-state index in [-0.39, 0.29) is 16.5 Å². The molecule has 8 nitrogen and oxygen atoms in total. The van der Waals surface area contributed by atoms with Gasteiger partial charge in [-0.05, 0) is 24.3 Å². The van der Waals surface area contributed by atoms with Crippen LogP contribution in [-0.4, -0.2) is 31.6 Å². The van der Waals surface area contributed by atoms with E-state index in [1.807, 2.05) is 60.7 Å². The molecule has 4 aromatic rings. The monoisotopic (exact) mass is 418 g/mol. The number of hydrogen-bond donors (Lipinski definition) is 2. The highest BCUT2D eigenvalue weighted by Gasteiger charge is 2.19. The van der Waals surface area contributed by atoms with Gasteiger partial charge < -0.3 is 0 Å². The number of carbonyl (C=O) groups is 2. The summed E-state index contributed by atoms with van der Waals surface area (Å²) in [7, 11) is 0. The number of nitrogens with zero attached hydrogens (tertiary/aromatic N) is 4. The number of nitrogens with one attached hydrogen (secondary N) is 2. The van der Waals surface area contributed by atoms with Crippen molar-refractivity contribution in [3.8, 4) is 17.1 Å². The van der Waals surface area contributed by atoms with Gasteiger partial charge in [0.25, 0.3) is 5.91 Å². The molecule has 0 aliphatic heterocycles. The second-order valence-corrected chi connectivity index (χ2v) is 6.54. The number of hydrazine groups is 1. The molecule has 0 bridgehead atoms. The minimum absolute atomic E-state index is 0.0905. The van der Waals surface area contributed by atoms with Crippen molar-refractivity contribution in [1.29, 1.82) is 0 Å². The Kier molecular flexibility index (Phi) is 5.49. The first-order valence-corrected chi connectivity index (χ1v) is 9.30. The lowest BCUT2D eigenvalue weighted by Crippen LogP contribution is -2.42. The number of amides is 2. The number of aromatic nitrogens is 4. The second-order valence-electron chi connectivity index (χ2n) is 6.15. The average Bonchev–Trinajstić information content (AvgIpc) is 3.24. The number of benzene rings is 2. The summed E-state index contributed by atoms with van der Waals surface area (Å²) in [5.74, 6) is -0.789. The number of carbonyl (C=O) groups excluding carboxylic acids is 2. The predicted octanol–water partition coefficient (Wildman–Crippen LogP) is 3.06. The van der Waals surface area contributed by atoms with E-state index >= 15 is 0 Å². The lowest BCUT2D eigenvalue weighted by atomic mass is 10.2. The Morgan fingerprint density at radius 3 is 2.17 bits per heavy atom. The van der Waals surface area contributed by atoms with Gasteiger partial charge in [-0.1, -0.05) is 60.1 Å². The Morgan fingerprint density at radius 1 is 0.833 bits per heavy atom. The van der Waals surface area contributed by atoms with Crippen molar-refractivity contribution in [1.82, 2.24) is 30.6 Å². The van der Waals surface area contributed by atoms with Gasteiger partial charge in [0.1, 0.15) is 5.15 Å². The average molecular weight is 419 g/mol. The highest BCUT2D eigenvalue weighted by atomic mass is 35.5. The maximum Gasteiger partial charge on any atom is 0.309 e. The standard InChI is InChI=1S/C21H15ClN6O2/c22-17-12-11-15(13-23-17)20(29)25-26-21(30)18-24-19(14-7-3-1-4-8-14)28(27-18)16-9-5-2-6-10-16/h1-13H,(H,25,29)(H,26,30). The van der Waals surface area contributed by atoms with Crippen LogP contribution in [-0.2, 0) is 0 Å². The molecule has 2 N–H and O–H groups in total. The Labute approximate surface area is 176 Å². The van der Waals surface area contributed by atoms with Gasteiger partial charge in [0, 0.05) is 11.8 Å². The molecule has 4 rings (SSSR count). The lowest BCUT2D eigenvalue weighted by Gasteiger charge is -2.05. The third kappa shape index (κ3) is 4.18. The molecule has 2 aromatic heterocycles. The maximum atomic E-state index is 12.6. The minimum atomic E-state index is -0.655. The molecule has 0 fully saturated rings. The van der Waals surface area contributed by atoms with E-state index in [9.17, 15) is 9.59 Å². The predicted molar refractivity (Wildman–Crippen MR) is 111 cm³/mol. The van der Waals surface area contributed by atoms with Crippen molar-refractivity contribution >= 4 is 23.4 Å². The molecule has 0 unspecified atom stereocenters. The summed E-state index contributed by atoms with van der Waals surface area (Å²) in [5.41, 5.74) is 6.42. The fourth-order valence-corrected chi connectivity index (χ4v) is 2.80. The number of rotatable bonds is 4. The molecule has 2 aromatic carbocycles. The third-order valence-electron chi connectivity index (χ3n) is 4.12. The third-order valence-corrected chi connectivity index (χ3v) is 4.35. The molecular formula is C21H15ClN6O2. The summed E-state index contributed by atoms with van der Waals surface area (Å²) in [5, 5.41) is 4.60. The number of hydrogen-bond acceptors (Lipinski definition) is 5. The van der Waals surface area contributed by atoms with Crippen LogP contribution in [0.2, 0.25) is 5.15 Å². The summed E-state index contributed by atoms with van der Waals surface area (Å²) in [6.07, 6.45) is 1.31. The number of para-hydroxylation sites is 1. The Balaban J connectivity index is 1.58. The van der Waals surface area contributed by atoms with Gasteiger partial charge in [0.2, 0.25) is 5.82 Å². The zero-order chi connectivity index (χ0) is 20.9. The van der Waals surface area contributed by atoms with Crippen LogP contribution in [0.25, 0.3) is 17.1 Å². The Morgan fingerprint density at radius 2 is 1.50 bits per heavy atom. The molecule has 30 heavy (non-hydrogen) atoms. The zero-order valence-corrected chi connectivity index (χ0v) is 16.2. The van der Waals surface area contributed by atoms with Crippen LogP contribution < -0.4 is 10.9 Å². The molecule has 2 heterocycles. The van der Waals surface area contributed by atoms with Gasteiger partial charge in [-0.15, -0.1) is 5.10 Å². The summed E-state index contributed by atoms with van der Waals surface area (Å²) < 4.78 is 1.58. The van der Waals surface area contributed by atoms with Crippen molar-refractivity contribution < 1.29 is 9.59 Å². The van der Waals surface area contributed by atoms with E-state index in [2.05, 4.69) is 25.9 Å². The van der Waals surface area contributed by atoms with Crippen LogP contribution in [0.15, 0.2) is 79.0 Å². The molecule has 0 radical (unpaired) electrons. The van der Waals surface area contributed by atoms with Gasteiger partial charge in [-0.25, -0.2) is 14.6 Å². The number of pyridine rings is 1. The SMILES string of the molecule is O=C(NNC(=O)c1nc(-c2ccccc2)n(-c2ccccc2)n1)c1ccc(Cl)nc1. The molecule has 0 aliphatic carbocycles. The van der Waals surface area contributed by atoms with Gasteiger partial charge in [-0.3, -0.25) is 20.4 Å². The molecule has 0 saturated heterocycles. The van der Waals surface area contributed by atoms with Gasteiger partial charge in [0.05, 0.1) is 11.3 Å². The van der Waals surface area contributed by atoms with E-state index in [0.29, 0.717) is 5.82 Å². The topological polar surface area (TPSA) is 102 Å². The normalized spacial score (nSPS) is 10.4. The summed E-state index contributed by atoms with van der Waals surface area (Å²) >= 11 is 5.71. The van der Waals surface area contributed by atoms with Crippen molar-refractivity contribution in [2.75, 3.05) is 0 Å². The molecule has 0 aliphatic rings. The number of halogens is 1. The fraction of sp³-hybridized carbons (Fsp3) is 0. The first-order chi connectivity index (χ1) is 14.6. The highest BCUT2D eigenvalue weighted by molar-refractivity contribution is 6.29. The smallest absolute Gasteiger partial charge is 0.267 e. The molecule has 9 heteroatoms. The van der Waals surface area contributed by atoms with Crippen LogP contribution in [0.5, 0.6) is 0 Å². The van der Waals surface area contributed by atoms with Crippen molar-refractivity contribution in [3.63, 3.8) is 0 Å². The zero-order valence-electron chi connectivity index (χ0n) is 15.5. The molecule has 0 spiro atoms. The Hall–Kier alpha value is -4.04. The van der Waals surface area contributed by atoms with Crippen LogP contribution in [0.1, 0.15) is 21.0 Å². The molecule has 0 saturated carbocycles. The lowest BCUT2D eigenvalue weighted by molar-refractivity contribution is 0.0841. The maximum absolute atomic E-state index is 12.6. The first kappa shape index (κ1) is 19.3. The quantitative estimate of drug-likeness (QED) is 0.391. The highest BCUT2D eigenvalue weighted by Crippen LogP contribution is 2.20. The Bertz CT molecular complexity index is 1120. The van der Waals surface area contributed by atoms with E-state index in [0.717, 1.165) is 11.3 Å².